The van der Waals surface area contributed by atoms with Gasteiger partial charge in [-0.05, 0) is 83.5 Å². The molecule has 0 aliphatic rings. The predicted molar refractivity (Wildman–Crippen MR) is 398 cm³/mol. The first-order valence-electron chi connectivity index (χ1n) is 41.3. The lowest BCUT2D eigenvalue weighted by Crippen LogP contribution is -2.45. The Hall–Kier alpha value is -1.92. The SMILES string of the molecule is CCCCCCCC/C=C\CCCCCCCCCCCC(=O)OCCCCCCCCCCCCCCCC/C=C\CCCCCCCCCCCCCCCCCCCC(=O)NC(CO)C(O)/C=C/CCCCCCCCCCCCCCCCCCC. The van der Waals surface area contributed by atoms with E-state index in [1.54, 1.807) is 6.08 Å². The fourth-order valence-corrected chi connectivity index (χ4v) is 13.1. The highest BCUT2D eigenvalue weighted by atomic mass is 16.5. The number of esters is 1. The van der Waals surface area contributed by atoms with E-state index in [2.05, 4.69) is 43.5 Å². The average Bonchev–Trinajstić information content (AvgIpc) is 3.74. The molecular weight excluding hydrogens is 1100 g/mol. The Morgan fingerprint density at radius 2 is 0.522 bits per heavy atom. The number of nitrogens with one attached hydrogen (secondary N) is 1. The van der Waals surface area contributed by atoms with Crippen molar-refractivity contribution in [3.63, 3.8) is 0 Å². The second-order valence-electron chi connectivity index (χ2n) is 28.4. The van der Waals surface area contributed by atoms with E-state index in [-0.39, 0.29) is 18.5 Å². The summed E-state index contributed by atoms with van der Waals surface area (Å²) in [4.78, 5) is 24.7. The van der Waals surface area contributed by atoms with Crippen molar-refractivity contribution in [1.82, 2.24) is 5.32 Å². The average molecular weight is 1270 g/mol. The molecule has 0 aromatic rings. The zero-order valence-corrected chi connectivity index (χ0v) is 61.1. The summed E-state index contributed by atoms with van der Waals surface area (Å²) in [5.41, 5.74) is 0. The number of carbonyl (C=O) groups excluding carboxylic acids is 2. The first kappa shape index (κ1) is 88.1. The quantitative estimate of drug-likeness (QED) is 0.0320. The van der Waals surface area contributed by atoms with Gasteiger partial charge < -0.3 is 20.3 Å². The van der Waals surface area contributed by atoms with Crippen LogP contribution in [0.2, 0.25) is 0 Å². The van der Waals surface area contributed by atoms with E-state index in [0.29, 0.717) is 19.4 Å². The van der Waals surface area contributed by atoms with Crippen molar-refractivity contribution < 1.29 is 24.5 Å². The van der Waals surface area contributed by atoms with Crippen LogP contribution in [-0.2, 0) is 14.3 Å². The number of unbranched alkanes of at least 4 members (excludes halogenated alkanes) is 63. The molecule has 532 valence electrons. The van der Waals surface area contributed by atoms with E-state index in [1.807, 2.05) is 6.08 Å². The fourth-order valence-electron chi connectivity index (χ4n) is 13.1. The Bertz CT molecular complexity index is 1460. The molecule has 0 bridgehead atoms. The largest absolute Gasteiger partial charge is 0.466 e. The minimum Gasteiger partial charge on any atom is -0.466 e. The molecule has 0 saturated heterocycles. The molecule has 0 aliphatic carbocycles. The van der Waals surface area contributed by atoms with E-state index in [9.17, 15) is 19.8 Å². The maximum absolute atomic E-state index is 12.5. The second kappa shape index (κ2) is 79.5. The van der Waals surface area contributed by atoms with Gasteiger partial charge in [-0.1, -0.05) is 403 Å². The van der Waals surface area contributed by atoms with Crippen LogP contribution >= 0.6 is 0 Å². The van der Waals surface area contributed by atoms with Crippen molar-refractivity contribution in [2.75, 3.05) is 13.2 Å². The number of amides is 1. The monoisotopic (exact) mass is 1260 g/mol. The molecule has 0 aromatic carbocycles. The van der Waals surface area contributed by atoms with Gasteiger partial charge in [-0.2, -0.15) is 0 Å². The highest BCUT2D eigenvalue weighted by Crippen LogP contribution is 2.20. The van der Waals surface area contributed by atoms with Crippen molar-refractivity contribution in [2.45, 2.75) is 475 Å². The number of ether oxygens (including phenoxy) is 1. The van der Waals surface area contributed by atoms with Crippen LogP contribution in [0.5, 0.6) is 0 Å². The van der Waals surface area contributed by atoms with Gasteiger partial charge in [0.05, 0.1) is 25.4 Å². The summed E-state index contributed by atoms with van der Waals surface area (Å²) in [6.45, 7) is 4.95. The zero-order chi connectivity index (χ0) is 64.9. The maximum Gasteiger partial charge on any atom is 0.305 e. The van der Waals surface area contributed by atoms with Gasteiger partial charge in [-0.15, -0.1) is 0 Å². The molecular formula is C84H161NO5. The van der Waals surface area contributed by atoms with Gasteiger partial charge in [0.1, 0.15) is 0 Å². The first-order chi connectivity index (χ1) is 44.5. The van der Waals surface area contributed by atoms with Crippen LogP contribution in [0.3, 0.4) is 0 Å². The number of carbonyl (C=O) groups is 2. The number of hydrogen-bond acceptors (Lipinski definition) is 5. The molecule has 6 nitrogen and oxygen atoms in total. The maximum atomic E-state index is 12.5. The molecule has 6 heteroatoms. The minimum absolute atomic E-state index is 0.0204. The Balaban J connectivity index is 3.35. The number of allylic oxidation sites excluding steroid dienone is 5. The van der Waals surface area contributed by atoms with Gasteiger partial charge in [0.15, 0.2) is 0 Å². The summed E-state index contributed by atoms with van der Waals surface area (Å²) in [5, 5.41) is 23.3. The lowest BCUT2D eigenvalue weighted by Gasteiger charge is -2.20. The fraction of sp³-hybridized carbons (Fsp3) is 0.905. The molecule has 0 heterocycles. The second-order valence-corrected chi connectivity index (χ2v) is 28.4. The van der Waals surface area contributed by atoms with Crippen LogP contribution in [0, 0.1) is 0 Å². The van der Waals surface area contributed by atoms with Gasteiger partial charge in [0.2, 0.25) is 5.91 Å². The van der Waals surface area contributed by atoms with Gasteiger partial charge in [-0.25, -0.2) is 0 Å². The van der Waals surface area contributed by atoms with Crippen LogP contribution in [0.15, 0.2) is 36.5 Å². The molecule has 90 heavy (non-hydrogen) atoms. The molecule has 0 aliphatic heterocycles. The van der Waals surface area contributed by atoms with Crippen LogP contribution in [-0.4, -0.2) is 47.4 Å². The number of hydrogen-bond donors (Lipinski definition) is 3. The van der Waals surface area contributed by atoms with E-state index in [1.165, 1.54) is 398 Å². The third-order valence-electron chi connectivity index (χ3n) is 19.4. The molecule has 0 saturated carbocycles. The first-order valence-corrected chi connectivity index (χ1v) is 41.3. The van der Waals surface area contributed by atoms with Crippen LogP contribution in [0.1, 0.15) is 463 Å². The van der Waals surface area contributed by atoms with Crippen molar-refractivity contribution in [2.24, 2.45) is 0 Å². The van der Waals surface area contributed by atoms with E-state index >= 15 is 0 Å². The van der Waals surface area contributed by atoms with Crippen LogP contribution in [0.4, 0.5) is 0 Å². The molecule has 0 fully saturated rings. The number of aliphatic hydroxyl groups is 2. The minimum atomic E-state index is -0.843. The summed E-state index contributed by atoms with van der Waals surface area (Å²) in [7, 11) is 0. The molecule has 0 rings (SSSR count). The van der Waals surface area contributed by atoms with Crippen molar-refractivity contribution >= 4 is 11.9 Å². The Morgan fingerprint density at radius 3 is 0.789 bits per heavy atom. The Kier molecular flexibility index (Phi) is 77.8. The molecule has 2 unspecified atom stereocenters. The van der Waals surface area contributed by atoms with Gasteiger partial charge in [-0.3, -0.25) is 9.59 Å². The Morgan fingerprint density at radius 1 is 0.300 bits per heavy atom. The standard InChI is InChI=1S/C84H161NO5/c1-3-5-7-9-11-13-15-17-19-21-40-44-48-52-56-60-64-68-72-76-82(87)81(80-86)85-83(88)77-73-69-65-61-57-53-49-45-42-38-36-34-32-30-28-26-24-23-25-27-29-31-33-35-37-39-43-47-51-55-59-63-67-71-75-79-90-84(89)78-74-70-66-62-58-54-50-46-41-22-20-18-16-14-12-10-8-6-4-2/h18,20,25,27,72,76,81-82,86-87H,3-17,19,21-24,26,28-71,73-75,77-80H2,1-2H3,(H,85,88)/b20-18-,27-25-,76-72+. The highest BCUT2D eigenvalue weighted by Gasteiger charge is 2.18. The van der Waals surface area contributed by atoms with Crippen molar-refractivity contribution in [3.05, 3.63) is 36.5 Å². The van der Waals surface area contributed by atoms with Crippen molar-refractivity contribution in [3.8, 4) is 0 Å². The number of rotatable bonds is 78. The normalized spacial score (nSPS) is 12.6. The predicted octanol–water partition coefficient (Wildman–Crippen LogP) is 27.4. The lowest BCUT2D eigenvalue weighted by molar-refractivity contribution is -0.143. The van der Waals surface area contributed by atoms with Gasteiger partial charge in [0, 0.05) is 12.8 Å². The summed E-state index contributed by atoms with van der Waals surface area (Å²) in [5.74, 6) is -0.0398. The zero-order valence-electron chi connectivity index (χ0n) is 61.1. The molecule has 2 atom stereocenters. The Labute approximate surface area is 564 Å². The summed E-state index contributed by atoms with van der Waals surface area (Å²) < 4.78 is 5.52. The van der Waals surface area contributed by atoms with Gasteiger partial charge >= 0.3 is 5.97 Å². The third-order valence-corrected chi connectivity index (χ3v) is 19.4. The van der Waals surface area contributed by atoms with Crippen LogP contribution in [0.25, 0.3) is 0 Å². The van der Waals surface area contributed by atoms with Crippen LogP contribution < -0.4 is 5.32 Å². The molecule has 3 N–H and O–H groups in total. The van der Waals surface area contributed by atoms with E-state index < -0.39 is 12.1 Å². The van der Waals surface area contributed by atoms with E-state index in [4.69, 9.17) is 4.74 Å². The molecule has 0 aromatic heterocycles. The third kappa shape index (κ3) is 75.1. The summed E-state index contributed by atoms with van der Waals surface area (Å²) >= 11 is 0. The molecule has 0 spiro atoms. The summed E-state index contributed by atoms with van der Waals surface area (Å²) in [6, 6.07) is -0.626. The van der Waals surface area contributed by atoms with E-state index in [0.717, 1.165) is 38.5 Å². The highest BCUT2D eigenvalue weighted by molar-refractivity contribution is 5.76. The smallest absolute Gasteiger partial charge is 0.305 e. The molecule has 0 radical (unpaired) electrons. The molecule has 1 amide bonds. The van der Waals surface area contributed by atoms with Crippen molar-refractivity contribution in [1.29, 1.82) is 0 Å². The number of aliphatic hydroxyl groups excluding tert-OH is 2. The lowest BCUT2D eigenvalue weighted by atomic mass is 10.0. The topological polar surface area (TPSA) is 95.9 Å². The van der Waals surface area contributed by atoms with Gasteiger partial charge in [0.25, 0.3) is 0 Å². The summed E-state index contributed by atoms with van der Waals surface area (Å²) in [6.07, 6.45) is 104.